The van der Waals surface area contributed by atoms with E-state index in [2.05, 4.69) is 65.8 Å². The molecule has 0 aliphatic heterocycles. The van der Waals surface area contributed by atoms with E-state index in [-0.39, 0.29) is 7.43 Å². The van der Waals surface area contributed by atoms with E-state index in [1.807, 2.05) is 34.6 Å². The standard InChI is InChI=1S/5C5H8.C/c5*1-4-5(2)3;/h5*4H,1-2H2,3H3;. The van der Waals surface area contributed by atoms with Crippen molar-refractivity contribution in [2.75, 3.05) is 0 Å². The summed E-state index contributed by atoms with van der Waals surface area (Å²) in [7, 11) is 0. The van der Waals surface area contributed by atoms with Crippen LogP contribution in [0, 0.1) is 7.43 Å². The fraction of sp³-hybridized carbons (Fsp3) is 0.192. The molecule has 0 bridgehead atoms. The predicted octanol–water partition coefficient (Wildman–Crippen LogP) is 8.82. The van der Waals surface area contributed by atoms with Gasteiger partial charge in [0.1, 0.15) is 0 Å². The van der Waals surface area contributed by atoms with Crippen molar-refractivity contribution >= 4 is 0 Å². The van der Waals surface area contributed by atoms with Gasteiger partial charge in [-0.3, -0.25) is 0 Å². The van der Waals surface area contributed by atoms with E-state index in [0.29, 0.717) is 0 Å². The van der Waals surface area contributed by atoms with E-state index in [1.54, 1.807) is 30.4 Å². The van der Waals surface area contributed by atoms with Crippen LogP contribution >= 0.6 is 0 Å². The van der Waals surface area contributed by atoms with Crippen molar-refractivity contribution in [2.45, 2.75) is 34.6 Å². The highest BCUT2D eigenvalue weighted by atomic mass is 13.7. The Morgan fingerprint density at radius 2 is 0.423 bits per heavy atom. The zero-order valence-corrected chi connectivity index (χ0v) is 18.0. The van der Waals surface area contributed by atoms with E-state index in [0.717, 1.165) is 27.9 Å². The molecule has 0 saturated heterocycles. The predicted molar refractivity (Wildman–Crippen MR) is 128 cm³/mol. The zero-order chi connectivity index (χ0) is 21.4. The Kier molecular flexibility index (Phi) is 50.5. The molecule has 0 rings (SSSR count). The first-order valence-corrected chi connectivity index (χ1v) is 7.75. The van der Waals surface area contributed by atoms with Crippen molar-refractivity contribution in [1.29, 1.82) is 0 Å². The van der Waals surface area contributed by atoms with Crippen LogP contribution in [-0.2, 0) is 0 Å². The fourth-order valence-corrected chi connectivity index (χ4v) is 0. The molecule has 0 aliphatic carbocycles. The third kappa shape index (κ3) is 163. The van der Waals surface area contributed by atoms with Crippen molar-refractivity contribution in [3.05, 3.63) is 131 Å². The molecule has 0 aliphatic rings. The Morgan fingerprint density at radius 3 is 0.423 bits per heavy atom. The Morgan fingerprint density at radius 1 is 0.385 bits per heavy atom. The number of allylic oxidation sites excluding steroid dienone is 10. The zero-order valence-electron chi connectivity index (χ0n) is 18.0. The van der Waals surface area contributed by atoms with E-state index in [9.17, 15) is 0 Å². The van der Waals surface area contributed by atoms with Crippen LogP contribution in [0.25, 0.3) is 0 Å². The summed E-state index contributed by atoms with van der Waals surface area (Å²) in [5.74, 6) is 0. The van der Waals surface area contributed by atoms with Gasteiger partial charge in [-0.05, 0) is 34.6 Å². The summed E-state index contributed by atoms with van der Waals surface area (Å²) in [4.78, 5) is 0. The SMILES string of the molecule is C=CC(=C)C.C=CC(=C)C.C=CC(=C)C.C=CC(=C)C.C=CC(=C)C.[C]. The smallest absolute Gasteiger partial charge is 0 e. The van der Waals surface area contributed by atoms with Crippen LogP contribution in [0.3, 0.4) is 0 Å². The second-order valence-corrected chi connectivity index (χ2v) is 5.25. The Hall–Kier alpha value is -2.60. The van der Waals surface area contributed by atoms with Gasteiger partial charge in [0.25, 0.3) is 0 Å². The van der Waals surface area contributed by atoms with E-state index < -0.39 is 0 Å². The average molecular weight is 353 g/mol. The van der Waals surface area contributed by atoms with Crippen LogP contribution in [0.5, 0.6) is 0 Å². The normalized spacial score (nSPS) is 6.35. The molecule has 0 heteroatoms. The fourth-order valence-electron chi connectivity index (χ4n) is 0. The first-order chi connectivity index (χ1) is 11.4. The van der Waals surface area contributed by atoms with Crippen LogP contribution < -0.4 is 0 Å². The molecule has 0 aromatic carbocycles. The van der Waals surface area contributed by atoms with Crippen LogP contribution in [0.1, 0.15) is 34.6 Å². The first-order valence-electron chi connectivity index (χ1n) is 7.75. The molecule has 0 amide bonds. The first kappa shape index (κ1) is 38.8. The lowest BCUT2D eigenvalue weighted by Gasteiger charge is -1.71. The third-order valence-corrected chi connectivity index (χ3v) is 1.74. The molecular weight excluding hydrogens is 312 g/mol. The van der Waals surface area contributed by atoms with Gasteiger partial charge >= 0.3 is 0 Å². The summed E-state index contributed by atoms with van der Waals surface area (Å²) in [6, 6.07) is 0. The molecule has 0 saturated carbocycles. The lowest BCUT2D eigenvalue weighted by atomic mass is 10.4. The maximum Gasteiger partial charge on any atom is 0 e. The minimum absolute atomic E-state index is 0. The Balaban J connectivity index is -0.0000000476. The van der Waals surface area contributed by atoms with E-state index >= 15 is 0 Å². The van der Waals surface area contributed by atoms with Gasteiger partial charge in [-0.1, -0.05) is 124 Å². The third-order valence-electron chi connectivity index (χ3n) is 1.74. The molecule has 0 nitrogen and oxygen atoms in total. The Bertz CT molecular complexity index is 360. The molecule has 0 N–H and O–H groups in total. The lowest BCUT2D eigenvalue weighted by molar-refractivity contribution is 1.58. The van der Waals surface area contributed by atoms with Crippen molar-refractivity contribution in [1.82, 2.24) is 0 Å². The molecule has 144 valence electrons. The second-order valence-electron chi connectivity index (χ2n) is 5.25. The highest BCUT2D eigenvalue weighted by Gasteiger charge is 1.61. The lowest BCUT2D eigenvalue weighted by Crippen LogP contribution is -1.50. The van der Waals surface area contributed by atoms with Crippen molar-refractivity contribution in [3.8, 4) is 0 Å². The number of rotatable bonds is 5. The minimum Gasteiger partial charge on any atom is -0.0988 e. The quantitative estimate of drug-likeness (QED) is 0.433. The maximum atomic E-state index is 3.56. The minimum atomic E-state index is 0. The molecule has 4 radical (unpaired) electrons. The summed E-state index contributed by atoms with van der Waals surface area (Å²) in [5, 5.41) is 0. The molecule has 0 aromatic rings. The molecule has 0 unspecified atom stereocenters. The maximum absolute atomic E-state index is 3.56. The monoisotopic (exact) mass is 352 g/mol. The Labute approximate surface area is 166 Å². The van der Waals surface area contributed by atoms with Crippen LogP contribution in [0.15, 0.2) is 124 Å². The highest BCUT2D eigenvalue weighted by molar-refractivity contribution is 5.07. The average Bonchev–Trinajstić information content (AvgIpc) is 2.56. The van der Waals surface area contributed by atoms with Gasteiger partial charge in [0.2, 0.25) is 0 Å². The van der Waals surface area contributed by atoms with Crippen molar-refractivity contribution < 1.29 is 0 Å². The second kappa shape index (κ2) is 33.9. The summed E-state index contributed by atoms with van der Waals surface area (Å²) >= 11 is 0. The van der Waals surface area contributed by atoms with Crippen molar-refractivity contribution in [3.63, 3.8) is 0 Å². The van der Waals surface area contributed by atoms with E-state index in [1.165, 1.54) is 0 Å². The molecule has 0 fully saturated rings. The van der Waals surface area contributed by atoms with E-state index in [4.69, 9.17) is 0 Å². The van der Waals surface area contributed by atoms with Crippen LogP contribution in [0.2, 0.25) is 0 Å². The largest absolute Gasteiger partial charge is 0.0988 e. The van der Waals surface area contributed by atoms with Gasteiger partial charge in [-0.2, -0.15) is 0 Å². The van der Waals surface area contributed by atoms with Gasteiger partial charge in [-0.25, -0.2) is 0 Å². The molecule has 0 atom stereocenters. The van der Waals surface area contributed by atoms with Crippen molar-refractivity contribution in [2.24, 2.45) is 0 Å². The molecule has 0 heterocycles. The molecule has 0 spiro atoms. The number of hydrogen-bond acceptors (Lipinski definition) is 0. The summed E-state index contributed by atoms with van der Waals surface area (Å²) in [6.07, 6.45) is 8.61. The van der Waals surface area contributed by atoms with Gasteiger partial charge in [0, 0.05) is 7.43 Å². The molecule has 26 heavy (non-hydrogen) atoms. The summed E-state index contributed by atoms with van der Waals surface area (Å²) < 4.78 is 0. The van der Waals surface area contributed by atoms with Crippen LogP contribution in [-0.4, -0.2) is 0 Å². The van der Waals surface area contributed by atoms with Gasteiger partial charge < -0.3 is 0 Å². The summed E-state index contributed by atoms with van der Waals surface area (Å²) in [6.45, 7) is 44.6. The van der Waals surface area contributed by atoms with Crippen LogP contribution in [0.4, 0.5) is 0 Å². The number of hydrogen-bond donors (Lipinski definition) is 0. The molecule has 0 aromatic heterocycles. The highest BCUT2D eigenvalue weighted by Crippen LogP contribution is 1.82. The summed E-state index contributed by atoms with van der Waals surface area (Å²) in [5.41, 5.74) is 5.09. The van der Waals surface area contributed by atoms with Gasteiger partial charge in [0.05, 0.1) is 0 Å². The molecular formula is C26H40. The van der Waals surface area contributed by atoms with Gasteiger partial charge in [-0.15, -0.1) is 0 Å². The topological polar surface area (TPSA) is 0 Å². The van der Waals surface area contributed by atoms with Gasteiger partial charge in [0.15, 0.2) is 0 Å².